The smallest absolute Gasteiger partial charge is 0.348 e. The molecule has 0 saturated carbocycles. The summed E-state index contributed by atoms with van der Waals surface area (Å²) in [7, 11) is 2.61. The fourth-order valence-electron chi connectivity index (χ4n) is 1.43. The number of rotatable bonds is 4. The lowest BCUT2D eigenvalue weighted by molar-refractivity contribution is -0.135. The number of methoxy groups -OCH3 is 2. The highest BCUT2D eigenvalue weighted by atomic mass is 16.6. The Morgan fingerprint density at radius 2 is 1.95 bits per heavy atom. The van der Waals surface area contributed by atoms with E-state index in [0.29, 0.717) is 11.3 Å². The summed E-state index contributed by atoms with van der Waals surface area (Å²) in [6.45, 7) is 1.28. The van der Waals surface area contributed by atoms with Crippen molar-refractivity contribution >= 4 is 18.0 Å². The lowest BCUT2D eigenvalue weighted by atomic mass is 10.1. The number of hydrogen-bond acceptors (Lipinski definition) is 6. The zero-order valence-electron chi connectivity index (χ0n) is 11.3. The Balaban J connectivity index is 3.16. The van der Waals surface area contributed by atoms with Gasteiger partial charge < -0.3 is 14.2 Å². The highest BCUT2D eigenvalue weighted by molar-refractivity contribution is 5.97. The van der Waals surface area contributed by atoms with Crippen LogP contribution in [0, 0.1) is 11.3 Å². The first kappa shape index (κ1) is 15.2. The van der Waals surface area contributed by atoms with Crippen LogP contribution in [0.15, 0.2) is 23.8 Å². The molecule has 0 fully saturated rings. The van der Waals surface area contributed by atoms with E-state index in [1.165, 1.54) is 33.3 Å². The van der Waals surface area contributed by atoms with Crippen LogP contribution in [0.5, 0.6) is 11.5 Å². The third kappa shape index (κ3) is 3.85. The van der Waals surface area contributed by atoms with Crippen LogP contribution in [0.4, 0.5) is 0 Å². The number of ether oxygens (including phenoxy) is 3. The average Bonchev–Trinajstić information content (AvgIpc) is 2.44. The molecule has 1 rings (SSSR count). The van der Waals surface area contributed by atoms with E-state index in [-0.39, 0.29) is 11.3 Å². The maximum Gasteiger partial charge on any atom is 0.348 e. The molecule has 0 aromatic heterocycles. The van der Waals surface area contributed by atoms with Gasteiger partial charge in [-0.25, -0.2) is 4.79 Å². The molecule has 0 saturated heterocycles. The van der Waals surface area contributed by atoms with E-state index in [9.17, 15) is 9.59 Å². The molecule has 0 spiro atoms. The second-order valence-electron chi connectivity index (χ2n) is 3.67. The van der Waals surface area contributed by atoms with Gasteiger partial charge in [0.25, 0.3) is 0 Å². The van der Waals surface area contributed by atoms with Crippen LogP contribution in [0.2, 0.25) is 0 Å². The molecule has 0 amide bonds. The van der Waals surface area contributed by atoms with Gasteiger partial charge in [-0.05, 0) is 23.8 Å². The molecule has 0 N–H and O–H groups in total. The van der Waals surface area contributed by atoms with Crippen molar-refractivity contribution in [2.24, 2.45) is 0 Å². The molecule has 0 aliphatic heterocycles. The van der Waals surface area contributed by atoms with Crippen molar-refractivity contribution in [2.75, 3.05) is 14.2 Å². The molecule has 0 heterocycles. The van der Waals surface area contributed by atoms with Gasteiger partial charge in [0.2, 0.25) is 0 Å². The maximum atomic E-state index is 11.3. The first-order valence-electron chi connectivity index (χ1n) is 5.58. The molecule has 0 bridgehead atoms. The average molecular weight is 275 g/mol. The minimum Gasteiger partial charge on any atom is -0.493 e. The van der Waals surface area contributed by atoms with Crippen LogP contribution >= 0.6 is 0 Å². The summed E-state index contributed by atoms with van der Waals surface area (Å²) >= 11 is 0. The number of benzene rings is 1. The number of carbonyl (C=O) groups is 2. The highest BCUT2D eigenvalue weighted by Crippen LogP contribution is 2.29. The minimum absolute atomic E-state index is 0.144. The van der Waals surface area contributed by atoms with E-state index in [1.54, 1.807) is 18.2 Å². The Labute approximate surface area is 116 Å². The predicted molar refractivity (Wildman–Crippen MR) is 69.9 cm³/mol. The standard InChI is InChI=1S/C14H13NO5/c1-9(16)20-12-5-4-10(7-13(12)18-2)6-11(8-15)14(17)19-3/h4-7H,1-3H3. The number of nitrogens with zero attached hydrogens (tertiary/aromatic N) is 1. The molecule has 0 unspecified atom stereocenters. The maximum absolute atomic E-state index is 11.3. The normalized spacial score (nSPS) is 10.4. The van der Waals surface area contributed by atoms with Crippen LogP contribution in [0.25, 0.3) is 6.08 Å². The molecule has 0 aliphatic carbocycles. The van der Waals surface area contributed by atoms with Gasteiger partial charge >= 0.3 is 11.9 Å². The monoisotopic (exact) mass is 275 g/mol. The van der Waals surface area contributed by atoms with Crippen LogP contribution < -0.4 is 9.47 Å². The number of nitriles is 1. The third-order valence-corrected chi connectivity index (χ3v) is 2.28. The molecule has 0 radical (unpaired) electrons. The summed E-state index contributed by atoms with van der Waals surface area (Å²) in [5.41, 5.74) is 0.398. The van der Waals surface area contributed by atoms with Crippen LogP contribution in [0.3, 0.4) is 0 Å². The summed E-state index contributed by atoms with van der Waals surface area (Å²) in [5, 5.41) is 8.87. The summed E-state index contributed by atoms with van der Waals surface area (Å²) in [6, 6.07) is 6.38. The Morgan fingerprint density at radius 3 is 2.45 bits per heavy atom. The molecule has 6 nitrogen and oxygen atoms in total. The number of esters is 2. The lowest BCUT2D eigenvalue weighted by Gasteiger charge is -2.08. The van der Waals surface area contributed by atoms with Gasteiger partial charge in [-0.3, -0.25) is 4.79 Å². The van der Waals surface area contributed by atoms with Crippen molar-refractivity contribution < 1.29 is 23.8 Å². The Morgan fingerprint density at radius 1 is 1.25 bits per heavy atom. The molecule has 0 aliphatic rings. The summed E-state index contributed by atoms with van der Waals surface area (Å²) in [5.74, 6) is -0.626. The van der Waals surface area contributed by atoms with Crippen LogP contribution in [-0.2, 0) is 14.3 Å². The van der Waals surface area contributed by atoms with Crippen molar-refractivity contribution in [2.45, 2.75) is 6.92 Å². The van der Waals surface area contributed by atoms with Crippen LogP contribution in [0.1, 0.15) is 12.5 Å². The SMILES string of the molecule is COC(=O)C(C#N)=Cc1ccc(OC(C)=O)c(OC)c1. The predicted octanol–water partition coefficient (Wildman–Crippen LogP) is 1.70. The molecular formula is C14H13NO5. The molecule has 1 aromatic rings. The Bertz CT molecular complexity index is 598. The van der Waals surface area contributed by atoms with Crippen molar-refractivity contribution in [3.05, 3.63) is 29.3 Å². The van der Waals surface area contributed by atoms with Gasteiger partial charge in [0, 0.05) is 6.92 Å². The highest BCUT2D eigenvalue weighted by Gasteiger charge is 2.11. The molecule has 20 heavy (non-hydrogen) atoms. The Kier molecular flexibility index (Phi) is 5.30. The second-order valence-corrected chi connectivity index (χ2v) is 3.67. The van der Waals surface area contributed by atoms with Gasteiger partial charge in [0.15, 0.2) is 11.5 Å². The van der Waals surface area contributed by atoms with Crippen molar-refractivity contribution in [3.8, 4) is 17.6 Å². The second kappa shape index (κ2) is 6.95. The van der Waals surface area contributed by atoms with E-state index in [0.717, 1.165) is 0 Å². The topological polar surface area (TPSA) is 85.6 Å². The van der Waals surface area contributed by atoms with Gasteiger partial charge in [-0.15, -0.1) is 0 Å². The molecule has 0 atom stereocenters. The number of hydrogen-bond donors (Lipinski definition) is 0. The van der Waals surface area contributed by atoms with E-state index in [2.05, 4.69) is 4.74 Å². The first-order chi connectivity index (χ1) is 9.51. The van der Waals surface area contributed by atoms with Gasteiger partial charge in [0.1, 0.15) is 11.6 Å². The largest absolute Gasteiger partial charge is 0.493 e. The summed E-state index contributed by atoms with van der Waals surface area (Å²) in [4.78, 5) is 22.2. The molecule has 104 valence electrons. The van der Waals surface area contributed by atoms with Crippen LogP contribution in [-0.4, -0.2) is 26.2 Å². The van der Waals surface area contributed by atoms with E-state index in [4.69, 9.17) is 14.7 Å². The lowest BCUT2D eigenvalue weighted by Crippen LogP contribution is -2.04. The number of carbonyl (C=O) groups excluding carboxylic acids is 2. The molecular weight excluding hydrogens is 262 g/mol. The van der Waals surface area contributed by atoms with Crippen molar-refractivity contribution in [1.82, 2.24) is 0 Å². The van der Waals surface area contributed by atoms with E-state index >= 15 is 0 Å². The van der Waals surface area contributed by atoms with Crippen molar-refractivity contribution in [3.63, 3.8) is 0 Å². The fourth-order valence-corrected chi connectivity index (χ4v) is 1.43. The fraction of sp³-hybridized carbons (Fsp3) is 0.214. The molecule has 6 heteroatoms. The summed E-state index contributed by atoms with van der Waals surface area (Å²) in [6.07, 6.45) is 1.35. The third-order valence-electron chi connectivity index (χ3n) is 2.28. The van der Waals surface area contributed by atoms with E-state index < -0.39 is 11.9 Å². The minimum atomic E-state index is -0.726. The quantitative estimate of drug-likeness (QED) is 0.360. The Hall–Kier alpha value is -2.81. The summed E-state index contributed by atoms with van der Waals surface area (Å²) < 4.78 is 14.5. The first-order valence-corrected chi connectivity index (χ1v) is 5.58. The van der Waals surface area contributed by atoms with Gasteiger partial charge in [-0.2, -0.15) is 5.26 Å². The van der Waals surface area contributed by atoms with Gasteiger partial charge in [0.05, 0.1) is 14.2 Å². The zero-order valence-corrected chi connectivity index (χ0v) is 11.3. The van der Waals surface area contributed by atoms with E-state index in [1.807, 2.05) is 0 Å². The van der Waals surface area contributed by atoms with Gasteiger partial charge in [-0.1, -0.05) is 6.07 Å². The molecule has 1 aromatic carbocycles. The van der Waals surface area contributed by atoms with Crippen molar-refractivity contribution in [1.29, 1.82) is 5.26 Å². The zero-order chi connectivity index (χ0) is 15.1.